The van der Waals surface area contributed by atoms with E-state index in [9.17, 15) is 4.79 Å². The normalized spacial score (nSPS) is 31.3. The van der Waals surface area contributed by atoms with Gasteiger partial charge in [0.15, 0.2) is 0 Å². The summed E-state index contributed by atoms with van der Waals surface area (Å²) in [6.07, 6.45) is 6.34. The van der Waals surface area contributed by atoms with Gasteiger partial charge in [0.25, 0.3) is 0 Å². The number of hydrogen-bond acceptors (Lipinski definition) is 1. The van der Waals surface area contributed by atoms with Gasteiger partial charge in [0.1, 0.15) is 5.78 Å². The molecule has 0 bridgehead atoms. The molecule has 1 nitrogen and oxygen atoms in total. The summed E-state index contributed by atoms with van der Waals surface area (Å²) < 4.78 is 0. The lowest BCUT2D eigenvalue weighted by molar-refractivity contribution is -0.123. The van der Waals surface area contributed by atoms with Crippen LogP contribution < -0.4 is 0 Å². The van der Waals surface area contributed by atoms with Gasteiger partial charge in [-0.2, -0.15) is 0 Å². The Balaban J connectivity index is 2.60. The number of ketones is 1. The first-order valence-electron chi connectivity index (χ1n) is 5.67. The predicted octanol–water partition coefficient (Wildman–Crippen LogP) is 3.43. The Morgan fingerprint density at radius 2 is 2.00 bits per heavy atom. The van der Waals surface area contributed by atoms with Gasteiger partial charge in [-0.15, -0.1) is 0 Å². The molecule has 1 rings (SSSR count). The van der Waals surface area contributed by atoms with Crippen molar-refractivity contribution in [1.82, 2.24) is 0 Å². The van der Waals surface area contributed by atoms with Crippen molar-refractivity contribution in [3.8, 4) is 0 Å². The maximum Gasteiger partial charge on any atom is 0.133 e. The topological polar surface area (TPSA) is 17.1 Å². The molecule has 3 atom stereocenters. The van der Waals surface area contributed by atoms with Gasteiger partial charge in [0.05, 0.1) is 0 Å². The molecule has 1 saturated carbocycles. The van der Waals surface area contributed by atoms with Crippen molar-refractivity contribution in [2.45, 2.75) is 52.9 Å². The highest BCUT2D eigenvalue weighted by molar-refractivity contribution is 5.78. The van der Waals surface area contributed by atoms with Gasteiger partial charge in [-0.1, -0.05) is 33.1 Å². The molecule has 0 saturated heterocycles. The number of carbonyl (C=O) groups is 1. The van der Waals surface area contributed by atoms with Gasteiger partial charge in [-0.3, -0.25) is 4.79 Å². The first-order valence-corrected chi connectivity index (χ1v) is 5.67. The fourth-order valence-corrected chi connectivity index (χ4v) is 2.83. The largest absolute Gasteiger partial charge is 0.300 e. The van der Waals surface area contributed by atoms with E-state index < -0.39 is 0 Å². The van der Waals surface area contributed by atoms with Gasteiger partial charge in [0.2, 0.25) is 0 Å². The number of carbonyl (C=O) groups excluding carboxylic acids is 1. The van der Waals surface area contributed by atoms with E-state index >= 15 is 0 Å². The summed E-state index contributed by atoms with van der Waals surface area (Å²) in [5, 5.41) is 0. The van der Waals surface area contributed by atoms with E-state index in [0.29, 0.717) is 17.6 Å². The van der Waals surface area contributed by atoms with E-state index in [1.807, 2.05) is 0 Å². The van der Waals surface area contributed by atoms with Crippen LogP contribution in [-0.2, 0) is 4.79 Å². The summed E-state index contributed by atoms with van der Waals surface area (Å²) in [5.41, 5.74) is 0. The van der Waals surface area contributed by atoms with Crippen molar-refractivity contribution < 1.29 is 4.79 Å². The maximum absolute atomic E-state index is 11.4. The van der Waals surface area contributed by atoms with E-state index in [0.717, 1.165) is 12.3 Å². The third-order valence-corrected chi connectivity index (χ3v) is 3.66. The zero-order valence-corrected chi connectivity index (χ0v) is 9.18. The smallest absolute Gasteiger partial charge is 0.133 e. The van der Waals surface area contributed by atoms with Crippen LogP contribution in [0.1, 0.15) is 52.9 Å². The molecule has 1 fully saturated rings. The van der Waals surface area contributed by atoms with Crippen molar-refractivity contribution in [1.29, 1.82) is 0 Å². The highest BCUT2D eigenvalue weighted by atomic mass is 16.1. The Labute approximate surface area is 81.9 Å². The molecule has 1 heteroatoms. The van der Waals surface area contributed by atoms with E-state index in [4.69, 9.17) is 0 Å². The van der Waals surface area contributed by atoms with Gasteiger partial charge in [-0.05, 0) is 31.6 Å². The van der Waals surface area contributed by atoms with Gasteiger partial charge in [0, 0.05) is 5.92 Å². The first-order chi connectivity index (χ1) is 6.16. The quantitative estimate of drug-likeness (QED) is 0.653. The molecule has 76 valence electrons. The fourth-order valence-electron chi connectivity index (χ4n) is 2.83. The van der Waals surface area contributed by atoms with Crippen LogP contribution in [0.3, 0.4) is 0 Å². The van der Waals surface area contributed by atoms with Crippen LogP contribution >= 0.6 is 0 Å². The summed E-state index contributed by atoms with van der Waals surface area (Å²) in [6, 6.07) is 0. The summed E-state index contributed by atoms with van der Waals surface area (Å²) in [5.74, 6) is 2.19. The van der Waals surface area contributed by atoms with E-state index in [1.165, 1.54) is 25.7 Å². The van der Waals surface area contributed by atoms with Gasteiger partial charge < -0.3 is 0 Å². The lowest BCUT2D eigenvalue weighted by Crippen LogP contribution is -2.29. The second kappa shape index (κ2) is 4.78. The van der Waals surface area contributed by atoms with Gasteiger partial charge >= 0.3 is 0 Å². The Bertz CT molecular complexity index is 174. The second-order valence-corrected chi connectivity index (χ2v) is 4.55. The third kappa shape index (κ3) is 2.55. The summed E-state index contributed by atoms with van der Waals surface area (Å²) in [4.78, 5) is 11.4. The molecule has 0 aromatic carbocycles. The standard InChI is InChI=1S/C12H22O/c1-4-11(10(3)13)12-8-6-5-7-9(12)2/h9,11-12H,4-8H2,1-3H3/t9-,11+,12+/m0/s1. The molecule has 0 N–H and O–H groups in total. The van der Waals surface area contributed by atoms with Crippen molar-refractivity contribution in [2.24, 2.45) is 17.8 Å². The van der Waals surface area contributed by atoms with Crippen LogP contribution in [0.2, 0.25) is 0 Å². The average Bonchev–Trinajstić information content (AvgIpc) is 2.09. The third-order valence-electron chi connectivity index (χ3n) is 3.66. The monoisotopic (exact) mass is 182 g/mol. The van der Waals surface area contributed by atoms with Crippen molar-refractivity contribution in [2.75, 3.05) is 0 Å². The summed E-state index contributed by atoms with van der Waals surface area (Å²) in [7, 11) is 0. The fraction of sp³-hybridized carbons (Fsp3) is 0.917. The SMILES string of the molecule is CC[C@H](C(C)=O)[C@@H]1CCCC[C@@H]1C. The second-order valence-electron chi connectivity index (χ2n) is 4.55. The number of Topliss-reactive ketones (excluding diaryl/α,β-unsaturated/α-hetero) is 1. The molecule has 1 aliphatic rings. The van der Waals surface area contributed by atoms with Gasteiger partial charge in [-0.25, -0.2) is 0 Å². The Morgan fingerprint density at radius 3 is 2.46 bits per heavy atom. The van der Waals surface area contributed by atoms with Crippen molar-refractivity contribution in [3.63, 3.8) is 0 Å². The average molecular weight is 182 g/mol. The zero-order valence-electron chi connectivity index (χ0n) is 9.18. The lowest BCUT2D eigenvalue weighted by atomic mass is 9.71. The minimum Gasteiger partial charge on any atom is -0.300 e. The summed E-state index contributed by atoms with van der Waals surface area (Å²) in [6.45, 7) is 6.22. The molecule has 13 heavy (non-hydrogen) atoms. The molecular weight excluding hydrogens is 160 g/mol. The highest BCUT2D eigenvalue weighted by Gasteiger charge is 2.30. The molecule has 0 aliphatic heterocycles. The molecule has 0 radical (unpaired) electrons. The zero-order chi connectivity index (χ0) is 9.84. The highest BCUT2D eigenvalue weighted by Crippen LogP contribution is 2.36. The lowest BCUT2D eigenvalue weighted by Gasteiger charge is -2.33. The molecule has 1 aliphatic carbocycles. The van der Waals surface area contributed by atoms with Crippen LogP contribution in [0.4, 0.5) is 0 Å². The van der Waals surface area contributed by atoms with Crippen LogP contribution in [0, 0.1) is 17.8 Å². The minimum atomic E-state index is 0.343. The van der Waals surface area contributed by atoms with Crippen LogP contribution in [-0.4, -0.2) is 5.78 Å². The summed E-state index contributed by atoms with van der Waals surface area (Å²) >= 11 is 0. The Hall–Kier alpha value is -0.330. The first kappa shape index (κ1) is 10.7. The van der Waals surface area contributed by atoms with Crippen LogP contribution in [0.25, 0.3) is 0 Å². The Morgan fingerprint density at radius 1 is 1.38 bits per heavy atom. The van der Waals surface area contributed by atoms with Crippen LogP contribution in [0.15, 0.2) is 0 Å². The molecule has 0 amide bonds. The molecule has 0 aromatic heterocycles. The maximum atomic E-state index is 11.4. The number of rotatable bonds is 3. The predicted molar refractivity (Wildman–Crippen MR) is 55.6 cm³/mol. The van der Waals surface area contributed by atoms with Crippen molar-refractivity contribution >= 4 is 5.78 Å². The van der Waals surface area contributed by atoms with Crippen molar-refractivity contribution in [3.05, 3.63) is 0 Å². The molecule has 0 heterocycles. The van der Waals surface area contributed by atoms with E-state index in [2.05, 4.69) is 13.8 Å². The molecule has 0 aromatic rings. The number of hydrogen-bond donors (Lipinski definition) is 0. The van der Waals surface area contributed by atoms with Crippen LogP contribution in [0.5, 0.6) is 0 Å². The minimum absolute atomic E-state index is 0.343. The van der Waals surface area contributed by atoms with E-state index in [1.54, 1.807) is 6.92 Å². The molecule has 0 spiro atoms. The Kier molecular flexibility index (Phi) is 3.95. The molecular formula is C12H22O. The van der Waals surface area contributed by atoms with E-state index in [-0.39, 0.29) is 0 Å². The molecule has 0 unspecified atom stereocenters.